The zero-order chi connectivity index (χ0) is 42.3. The molecule has 0 amide bonds. The monoisotopic (exact) mass is 826 g/mol. The third-order valence-electron chi connectivity index (χ3n) is 8.37. The minimum absolute atomic E-state index is 0.0612. The van der Waals surface area contributed by atoms with Gasteiger partial charge in [0.25, 0.3) is 0 Å². The van der Waals surface area contributed by atoms with Gasteiger partial charge in [-0.2, -0.15) is 0 Å². The average molecular weight is 826 g/mol. The number of hydrogen-bond acceptors (Lipinski definition) is 7. The minimum Gasteiger partial charge on any atom is -0.457 e. The van der Waals surface area contributed by atoms with Gasteiger partial charge in [0.1, 0.15) is 6.10 Å². The minimum atomic E-state index is -4.31. The SMILES string of the molecule is CC/C=C\C/C=C\C/C=C\C/C=C\C/C=C\C/C=C\CCCOCC(COP(=O)(O)OCCN)OC(=O)CCCCCCCC/C=C\C/C=C\C/C=C\C/C=C\CC. The Morgan fingerprint density at radius 2 is 0.914 bits per heavy atom. The third kappa shape index (κ3) is 44.0. The van der Waals surface area contributed by atoms with Crippen molar-refractivity contribution in [1.82, 2.24) is 0 Å². The normalized spacial score (nSPS) is 14.6. The molecule has 0 spiro atoms. The molecule has 0 aliphatic heterocycles. The molecule has 0 aliphatic rings. The van der Waals surface area contributed by atoms with Gasteiger partial charge in [-0.05, 0) is 96.3 Å². The fourth-order valence-electron chi connectivity index (χ4n) is 5.24. The van der Waals surface area contributed by atoms with Crippen LogP contribution in [0.15, 0.2) is 122 Å². The second kappa shape index (κ2) is 45.0. The number of allylic oxidation sites excluding steroid dienone is 20. The molecular formula is C49H80NO7P. The number of ether oxygens (including phenoxy) is 2. The van der Waals surface area contributed by atoms with Gasteiger partial charge in [0, 0.05) is 19.6 Å². The van der Waals surface area contributed by atoms with Crippen LogP contribution in [-0.2, 0) is 27.9 Å². The molecule has 0 fully saturated rings. The Hall–Kier alpha value is -3.10. The predicted molar refractivity (Wildman–Crippen MR) is 247 cm³/mol. The van der Waals surface area contributed by atoms with Crippen molar-refractivity contribution in [2.75, 3.05) is 33.0 Å². The highest BCUT2D eigenvalue weighted by Crippen LogP contribution is 2.43. The summed E-state index contributed by atoms with van der Waals surface area (Å²) in [5.41, 5.74) is 5.37. The lowest BCUT2D eigenvalue weighted by Crippen LogP contribution is -2.28. The number of unbranched alkanes of at least 4 members (excludes halogenated alkanes) is 7. The molecule has 0 bridgehead atoms. The summed E-state index contributed by atoms with van der Waals surface area (Å²) in [6.07, 6.45) is 62.3. The molecule has 0 aromatic rings. The summed E-state index contributed by atoms with van der Waals surface area (Å²) in [6, 6.07) is 0. The van der Waals surface area contributed by atoms with E-state index in [0.717, 1.165) is 109 Å². The van der Waals surface area contributed by atoms with E-state index in [1.165, 1.54) is 12.8 Å². The van der Waals surface area contributed by atoms with E-state index >= 15 is 0 Å². The number of hydrogen-bond donors (Lipinski definition) is 2. The fourth-order valence-corrected chi connectivity index (χ4v) is 6.00. The molecule has 0 aliphatic carbocycles. The molecule has 0 saturated heterocycles. The largest absolute Gasteiger partial charge is 0.472 e. The topological polar surface area (TPSA) is 117 Å². The van der Waals surface area contributed by atoms with Gasteiger partial charge in [-0.25, -0.2) is 4.57 Å². The molecule has 328 valence electrons. The van der Waals surface area contributed by atoms with Gasteiger partial charge in [-0.1, -0.05) is 161 Å². The van der Waals surface area contributed by atoms with Crippen molar-refractivity contribution in [3.63, 3.8) is 0 Å². The maximum absolute atomic E-state index is 12.6. The van der Waals surface area contributed by atoms with Gasteiger partial charge in [0.05, 0.1) is 19.8 Å². The van der Waals surface area contributed by atoms with E-state index < -0.39 is 13.9 Å². The predicted octanol–water partition coefficient (Wildman–Crippen LogP) is 13.4. The van der Waals surface area contributed by atoms with Crippen LogP contribution in [0.1, 0.15) is 142 Å². The molecule has 3 N–H and O–H groups in total. The summed E-state index contributed by atoms with van der Waals surface area (Å²) < 4.78 is 33.4. The average Bonchev–Trinajstić information content (AvgIpc) is 3.21. The Morgan fingerprint density at radius 3 is 1.36 bits per heavy atom. The van der Waals surface area contributed by atoms with E-state index in [9.17, 15) is 14.3 Å². The number of carbonyl (C=O) groups is 1. The maximum Gasteiger partial charge on any atom is 0.472 e. The van der Waals surface area contributed by atoms with Crippen molar-refractivity contribution < 1.29 is 32.8 Å². The van der Waals surface area contributed by atoms with Crippen molar-refractivity contribution >= 4 is 13.8 Å². The summed E-state index contributed by atoms with van der Waals surface area (Å²) in [7, 11) is -4.31. The maximum atomic E-state index is 12.6. The van der Waals surface area contributed by atoms with E-state index in [-0.39, 0.29) is 38.8 Å². The van der Waals surface area contributed by atoms with E-state index in [2.05, 4.69) is 135 Å². The molecular weight excluding hydrogens is 746 g/mol. The highest BCUT2D eigenvalue weighted by atomic mass is 31.2. The van der Waals surface area contributed by atoms with Crippen LogP contribution in [-0.4, -0.2) is 49.9 Å². The number of phosphoric acid groups is 1. The summed E-state index contributed by atoms with van der Waals surface area (Å²) in [5, 5.41) is 0. The first-order chi connectivity index (χ1) is 28.4. The van der Waals surface area contributed by atoms with E-state index in [0.29, 0.717) is 6.61 Å². The Bertz CT molecular complexity index is 1290. The molecule has 2 unspecified atom stereocenters. The van der Waals surface area contributed by atoms with Crippen LogP contribution >= 0.6 is 7.82 Å². The van der Waals surface area contributed by atoms with Crippen LogP contribution in [0.2, 0.25) is 0 Å². The number of phosphoric ester groups is 1. The highest BCUT2D eigenvalue weighted by molar-refractivity contribution is 7.47. The number of rotatable bonds is 40. The molecule has 2 atom stereocenters. The lowest BCUT2D eigenvalue weighted by molar-refractivity contribution is -0.154. The zero-order valence-corrected chi connectivity index (χ0v) is 37.1. The molecule has 0 saturated carbocycles. The van der Waals surface area contributed by atoms with Crippen molar-refractivity contribution in [3.8, 4) is 0 Å². The van der Waals surface area contributed by atoms with Crippen LogP contribution in [0.3, 0.4) is 0 Å². The van der Waals surface area contributed by atoms with Crippen LogP contribution < -0.4 is 5.73 Å². The lowest BCUT2D eigenvalue weighted by atomic mass is 10.1. The molecule has 58 heavy (non-hydrogen) atoms. The van der Waals surface area contributed by atoms with Crippen LogP contribution in [0.4, 0.5) is 0 Å². The smallest absolute Gasteiger partial charge is 0.457 e. The zero-order valence-electron chi connectivity index (χ0n) is 36.2. The molecule has 9 heteroatoms. The van der Waals surface area contributed by atoms with Crippen molar-refractivity contribution in [2.24, 2.45) is 5.73 Å². The quantitative estimate of drug-likeness (QED) is 0.0271. The fraction of sp³-hybridized carbons (Fsp3) is 0.571. The van der Waals surface area contributed by atoms with Crippen LogP contribution in [0.25, 0.3) is 0 Å². The molecule has 0 aromatic carbocycles. The Labute approximate surface area is 354 Å². The molecule has 0 aromatic heterocycles. The summed E-state index contributed by atoms with van der Waals surface area (Å²) in [6.45, 7) is 4.47. The Morgan fingerprint density at radius 1 is 0.517 bits per heavy atom. The van der Waals surface area contributed by atoms with Crippen molar-refractivity contribution in [3.05, 3.63) is 122 Å². The molecule has 0 rings (SSSR count). The first-order valence-corrected chi connectivity index (χ1v) is 23.5. The number of esters is 1. The van der Waals surface area contributed by atoms with E-state index in [4.69, 9.17) is 24.3 Å². The Balaban J connectivity index is 4.20. The first-order valence-electron chi connectivity index (χ1n) is 22.0. The lowest BCUT2D eigenvalue weighted by Gasteiger charge is -2.20. The number of carbonyl (C=O) groups excluding carboxylic acids is 1. The van der Waals surface area contributed by atoms with E-state index in [1.54, 1.807) is 0 Å². The van der Waals surface area contributed by atoms with Gasteiger partial charge in [-0.15, -0.1) is 0 Å². The summed E-state index contributed by atoms with van der Waals surface area (Å²) in [4.78, 5) is 22.5. The third-order valence-corrected chi connectivity index (χ3v) is 9.36. The summed E-state index contributed by atoms with van der Waals surface area (Å²) >= 11 is 0. The van der Waals surface area contributed by atoms with Gasteiger partial charge in [0.15, 0.2) is 0 Å². The Kier molecular flexibility index (Phi) is 42.6. The van der Waals surface area contributed by atoms with Gasteiger partial charge in [0.2, 0.25) is 0 Å². The molecule has 8 nitrogen and oxygen atoms in total. The van der Waals surface area contributed by atoms with Crippen molar-refractivity contribution in [2.45, 2.75) is 148 Å². The molecule has 0 radical (unpaired) electrons. The molecule has 0 heterocycles. The standard InChI is InChI=1S/C49H80NO7P/c1-3-5-7-9-11-13-15-17-19-21-23-25-27-29-31-33-35-37-39-41-44-54-46-48(47-56-58(52,53)55-45-43-50)57-49(51)42-40-38-36-34-32-30-28-26-24-22-20-18-16-14-12-10-8-6-4-2/h5-8,11-14,17-20,23-26,29,31,35,37,48H,3-4,9-10,15-16,21-22,27-28,30,32-34,36,38-47,50H2,1-2H3,(H,52,53)/b7-5-,8-6-,13-11-,14-12-,19-17-,20-18-,25-23-,26-24-,31-29-,37-35-. The van der Waals surface area contributed by atoms with Crippen LogP contribution in [0, 0.1) is 0 Å². The van der Waals surface area contributed by atoms with Gasteiger partial charge in [-0.3, -0.25) is 13.8 Å². The van der Waals surface area contributed by atoms with E-state index in [1.807, 2.05) is 0 Å². The van der Waals surface area contributed by atoms with Crippen molar-refractivity contribution in [1.29, 1.82) is 0 Å². The highest BCUT2D eigenvalue weighted by Gasteiger charge is 2.25. The second-order valence-corrected chi connectivity index (χ2v) is 15.2. The van der Waals surface area contributed by atoms with Crippen LogP contribution in [0.5, 0.6) is 0 Å². The summed E-state index contributed by atoms with van der Waals surface area (Å²) in [5.74, 6) is -0.370. The number of nitrogens with two attached hydrogens (primary N) is 1. The van der Waals surface area contributed by atoms with Gasteiger partial charge < -0.3 is 20.1 Å². The second-order valence-electron chi connectivity index (χ2n) is 13.8. The van der Waals surface area contributed by atoms with Gasteiger partial charge >= 0.3 is 13.8 Å². The first kappa shape index (κ1) is 54.9.